The summed E-state index contributed by atoms with van der Waals surface area (Å²) in [6, 6.07) is 0. The third-order valence-electron chi connectivity index (χ3n) is 0. The van der Waals surface area contributed by atoms with Crippen LogP contribution in [0.25, 0.3) is 0 Å². The predicted molar refractivity (Wildman–Crippen MR) is 49.6 cm³/mol. The van der Waals surface area contributed by atoms with Crippen LogP contribution in [0.3, 0.4) is 0 Å². The minimum atomic E-state index is -4.64. The van der Waals surface area contributed by atoms with E-state index in [9.17, 15) is 0 Å². The van der Waals surface area contributed by atoms with Crippen LogP contribution < -0.4 is 0 Å². The Morgan fingerprint density at radius 1 is 0.875 bits per heavy atom. The van der Waals surface area contributed by atoms with E-state index >= 15 is 0 Å². The van der Waals surface area contributed by atoms with Crippen molar-refractivity contribution in [2.24, 2.45) is 0 Å². The topological polar surface area (TPSA) is 230 Å². The molecule has 16 heavy (non-hydrogen) atoms. The molecule has 0 aromatic carbocycles. The molecular formula is H9O12P4+3. The van der Waals surface area contributed by atoms with Crippen LogP contribution in [0.5, 0.6) is 0 Å². The van der Waals surface area contributed by atoms with E-state index in [2.05, 4.69) is 0 Å². The molecule has 8 N–H and O–H groups in total. The molecule has 0 bridgehead atoms. The first-order valence-electron chi connectivity index (χ1n) is 2.38. The van der Waals surface area contributed by atoms with Crippen LogP contribution in [0.1, 0.15) is 0 Å². The third-order valence-corrected chi connectivity index (χ3v) is 0. The fourth-order valence-electron chi connectivity index (χ4n) is 0. The van der Waals surface area contributed by atoms with Gasteiger partial charge in [0.25, 0.3) is 0 Å². The van der Waals surface area contributed by atoms with Crippen molar-refractivity contribution in [3.63, 3.8) is 0 Å². The lowest BCUT2D eigenvalue weighted by Crippen LogP contribution is -1.66. The van der Waals surface area contributed by atoms with E-state index in [1.807, 2.05) is 0 Å². The Balaban J connectivity index is -0.0000000610. The van der Waals surface area contributed by atoms with E-state index in [1.54, 1.807) is 0 Å². The molecule has 0 spiro atoms. The summed E-state index contributed by atoms with van der Waals surface area (Å²) in [5, 5.41) is 0. The van der Waals surface area contributed by atoms with Crippen molar-refractivity contribution in [1.82, 2.24) is 0 Å². The van der Waals surface area contributed by atoms with E-state index in [1.165, 1.54) is 0 Å². The first-order valence-corrected chi connectivity index (χ1v) is 7.13. The number of phosphoric acid groups is 1. The molecule has 0 saturated heterocycles. The first-order chi connectivity index (χ1) is 6.88. The van der Waals surface area contributed by atoms with E-state index in [4.69, 9.17) is 57.4 Å². The maximum absolute atomic E-state index is 8.88. The van der Waals surface area contributed by atoms with Gasteiger partial charge in [-0.1, -0.05) is 0 Å². The summed E-state index contributed by atoms with van der Waals surface area (Å²) in [5.74, 6) is 0. The predicted octanol–water partition coefficient (Wildman–Crippen LogP) is -1.75. The van der Waals surface area contributed by atoms with Crippen LogP contribution in [-0.4, -0.2) is 39.1 Å². The Bertz CT molecular complexity index is 195. The fourth-order valence-corrected chi connectivity index (χ4v) is 0. The van der Waals surface area contributed by atoms with Gasteiger partial charge in [0, 0.05) is 9.13 Å². The van der Waals surface area contributed by atoms with E-state index in [0.29, 0.717) is 0 Å². The van der Waals surface area contributed by atoms with Crippen molar-refractivity contribution in [1.29, 1.82) is 0 Å². The normalized spacial score (nSPS) is 8.25. The van der Waals surface area contributed by atoms with Gasteiger partial charge in [-0.05, 0) is 4.57 Å². The summed E-state index contributed by atoms with van der Waals surface area (Å²) in [6.45, 7) is 0. The molecular weight excluding hydrogens is 316 g/mol. The van der Waals surface area contributed by atoms with Gasteiger partial charge in [-0.2, -0.15) is 4.89 Å². The van der Waals surface area contributed by atoms with Crippen LogP contribution in [0.2, 0.25) is 0 Å². The molecule has 0 aliphatic heterocycles. The van der Waals surface area contributed by atoms with Crippen molar-refractivity contribution in [3.8, 4) is 0 Å². The molecule has 0 aliphatic rings. The van der Waals surface area contributed by atoms with E-state index in [-0.39, 0.29) is 0 Å². The van der Waals surface area contributed by atoms with Gasteiger partial charge in [0.1, 0.15) is 0 Å². The van der Waals surface area contributed by atoms with E-state index < -0.39 is 33.0 Å². The number of hydrogen-bond donors (Lipinski definition) is 8. The van der Waals surface area contributed by atoms with Gasteiger partial charge in [0.05, 0.1) is 0 Å². The van der Waals surface area contributed by atoms with Crippen molar-refractivity contribution in [2.45, 2.75) is 0 Å². The number of hydrogen-bond acceptors (Lipinski definition) is 4. The molecule has 0 aromatic heterocycles. The third kappa shape index (κ3) is 56200. The van der Waals surface area contributed by atoms with Crippen LogP contribution >= 0.6 is 33.0 Å². The first kappa shape index (κ1) is 25.2. The Hall–Kier alpha value is 0.210. The summed E-state index contributed by atoms with van der Waals surface area (Å²) in [6.07, 6.45) is 0. The maximum atomic E-state index is 8.88. The van der Waals surface area contributed by atoms with Crippen LogP contribution in [-0.2, 0) is 18.3 Å². The largest absolute Gasteiger partial charge is 0.692 e. The van der Waals surface area contributed by atoms with Crippen molar-refractivity contribution >= 4 is 33.0 Å². The van der Waals surface area contributed by atoms with Crippen molar-refractivity contribution < 1.29 is 57.4 Å². The van der Waals surface area contributed by atoms with Gasteiger partial charge in [-0.25, -0.2) is 4.57 Å². The minimum absolute atomic E-state index is 1.17. The smallest absolute Gasteiger partial charge is 0.303 e. The van der Waals surface area contributed by atoms with Crippen LogP contribution in [0.15, 0.2) is 0 Å². The zero-order valence-electron chi connectivity index (χ0n) is 7.05. The maximum Gasteiger partial charge on any atom is 0.692 e. The SMILES string of the molecule is O=P(O)(O)O.O=[P+](O)O.O=[P+](O)O.O=[PH+]O. The van der Waals surface area contributed by atoms with Gasteiger partial charge >= 0.3 is 33.0 Å². The van der Waals surface area contributed by atoms with Crippen LogP contribution in [0, 0.1) is 0 Å². The quantitative estimate of drug-likeness (QED) is 0.232. The molecule has 0 fully saturated rings. The van der Waals surface area contributed by atoms with Gasteiger partial charge < -0.3 is 14.7 Å². The van der Waals surface area contributed by atoms with Crippen LogP contribution in [0.4, 0.5) is 0 Å². The average molecular weight is 325 g/mol. The molecule has 98 valence electrons. The Labute approximate surface area is 91.3 Å². The number of rotatable bonds is 0. The highest BCUT2D eigenvalue weighted by molar-refractivity contribution is 7.45. The second-order valence-electron chi connectivity index (χ2n) is 1.11. The second kappa shape index (κ2) is 17.6. The lowest BCUT2D eigenvalue weighted by Gasteiger charge is -1.82. The molecule has 12 nitrogen and oxygen atoms in total. The Morgan fingerprint density at radius 3 is 0.875 bits per heavy atom. The van der Waals surface area contributed by atoms with Gasteiger partial charge in [0.2, 0.25) is 0 Å². The minimum Gasteiger partial charge on any atom is -0.303 e. The van der Waals surface area contributed by atoms with E-state index in [0.717, 1.165) is 0 Å². The average Bonchev–Trinajstić information content (AvgIpc) is 1.78. The summed E-state index contributed by atoms with van der Waals surface area (Å²) in [4.78, 5) is 57.1. The summed E-state index contributed by atoms with van der Waals surface area (Å²) < 4.78 is 34.8. The summed E-state index contributed by atoms with van der Waals surface area (Å²) >= 11 is 0. The molecule has 0 heterocycles. The monoisotopic (exact) mass is 325 g/mol. The van der Waals surface area contributed by atoms with Gasteiger partial charge in [-0.3, -0.25) is 0 Å². The summed E-state index contributed by atoms with van der Waals surface area (Å²) in [7, 11) is -11.5. The lowest BCUT2D eigenvalue weighted by atomic mass is 15.8. The Kier molecular flexibility index (Phi) is 27.7. The van der Waals surface area contributed by atoms with Gasteiger partial charge in [-0.15, -0.1) is 19.6 Å². The lowest BCUT2D eigenvalue weighted by molar-refractivity contribution is 0.275. The van der Waals surface area contributed by atoms with Crippen molar-refractivity contribution in [2.75, 3.05) is 0 Å². The van der Waals surface area contributed by atoms with Gasteiger partial charge in [0.15, 0.2) is 0 Å². The molecule has 0 aliphatic carbocycles. The second-order valence-corrected chi connectivity index (χ2v) is 3.33. The molecule has 0 radical (unpaired) electrons. The zero-order valence-corrected chi connectivity index (χ0v) is 10.7. The van der Waals surface area contributed by atoms with Crippen molar-refractivity contribution in [3.05, 3.63) is 0 Å². The molecule has 0 amide bonds. The molecule has 0 saturated carbocycles. The summed E-state index contributed by atoms with van der Waals surface area (Å²) in [5.41, 5.74) is 0. The highest BCUT2D eigenvalue weighted by Crippen LogP contribution is 2.25. The molecule has 16 heteroatoms. The highest BCUT2D eigenvalue weighted by atomic mass is 31.2. The molecule has 1 unspecified atom stereocenters. The molecule has 0 aromatic rings. The zero-order chi connectivity index (χ0) is 14.4. The standard InChI is InChI=1S/H3O4P.2HO3P.HO2P/c1-5(2,3)4;2*1-4(2)3;1-3-2/h(H3,1,2,3,4);2*(H-,1,2,3);3H/p+3. The molecule has 1 atom stereocenters. The Morgan fingerprint density at radius 2 is 0.875 bits per heavy atom. The highest BCUT2D eigenvalue weighted by Gasteiger charge is 2.00. The molecule has 0 rings (SSSR count). The fraction of sp³-hybridized carbons (Fsp3) is 0.